The Kier molecular flexibility index (Phi) is 2.64. The zero-order chi connectivity index (χ0) is 10.8. The van der Waals surface area contributed by atoms with Crippen LogP contribution >= 0.6 is 11.8 Å². The van der Waals surface area contributed by atoms with E-state index in [4.69, 9.17) is 5.11 Å². The first-order chi connectivity index (χ1) is 7.18. The third-order valence-corrected chi connectivity index (χ3v) is 3.33. The Morgan fingerprint density at radius 2 is 2.20 bits per heavy atom. The molecule has 0 aromatic heterocycles. The molecule has 1 unspecified atom stereocenters. The van der Waals surface area contributed by atoms with Gasteiger partial charge < -0.3 is 10.4 Å². The van der Waals surface area contributed by atoms with Crippen LogP contribution in [0, 0.1) is 0 Å². The van der Waals surface area contributed by atoms with E-state index in [1.807, 2.05) is 24.3 Å². The monoisotopic (exact) mass is 223 g/mol. The maximum atomic E-state index is 11.5. The molecule has 0 saturated carbocycles. The minimum atomic E-state index is -0.905. The van der Waals surface area contributed by atoms with Gasteiger partial charge in [-0.1, -0.05) is 18.2 Å². The van der Waals surface area contributed by atoms with Crippen LogP contribution in [0.5, 0.6) is 0 Å². The molecule has 2 rings (SSSR count). The Balaban J connectivity index is 2.18. The molecule has 2 N–H and O–H groups in total. The number of hydrogen-bond acceptors (Lipinski definition) is 3. The highest BCUT2D eigenvalue weighted by molar-refractivity contribution is 8.00. The van der Waals surface area contributed by atoms with E-state index in [0.29, 0.717) is 0 Å². The molecule has 5 heteroatoms. The van der Waals surface area contributed by atoms with Crippen molar-refractivity contribution in [1.82, 2.24) is 0 Å². The lowest BCUT2D eigenvalue weighted by Gasteiger charge is -2.05. The number of anilines is 1. The van der Waals surface area contributed by atoms with Gasteiger partial charge in [0, 0.05) is 5.69 Å². The zero-order valence-electron chi connectivity index (χ0n) is 7.77. The summed E-state index contributed by atoms with van der Waals surface area (Å²) in [4.78, 5) is 21.9. The molecule has 0 spiro atoms. The molecule has 1 aliphatic heterocycles. The molecule has 1 amide bonds. The maximum absolute atomic E-state index is 11.5. The van der Waals surface area contributed by atoms with Crippen molar-refractivity contribution >= 4 is 29.3 Å². The molecule has 0 saturated heterocycles. The number of carboxylic acid groups (broad SMARTS) is 1. The molecule has 0 bridgehead atoms. The molecule has 0 radical (unpaired) electrons. The number of carbonyl (C=O) groups is 2. The van der Waals surface area contributed by atoms with Gasteiger partial charge in [0.15, 0.2) is 0 Å². The van der Waals surface area contributed by atoms with Gasteiger partial charge >= 0.3 is 5.97 Å². The molecule has 1 heterocycles. The van der Waals surface area contributed by atoms with Crippen molar-refractivity contribution in [2.24, 2.45) is 0 Å². The first-order valence-electron chi connectivity index (χ1n) is 4.41. The number of amides is 1. The number of fused-ring (bicyclic) bond motifs is 1. The Hall–Kier alpha value is -1.49. The van der Waals surface area contributed by atoms with E-state index in [-0.39, 0.29) is 11.7 Å². The van der Waals surface area contributed by atoms with E-state index in [9.17, 15) is 9.59 Å². The van der Waals surface area contributed by atoms with Crippen LogP contribution in [-0.2, 0) is 9.59 Å². The molecule has 78 valence electrons. The molecule has 4 nitrogen and oxygen atoms in total. The summed E-state index contributed by atoms with van der Waals surface area (Å²) >= 11 is 1.13. The van der Waals surface area contributed by atoms with Crippen LogP contribution in [0.15, 0.2) is 24.3 Å². The van der Waals surface area contributed by atoms with Gasteiger partial charge in [0.2, 0.25) is 5.91 Å². The van der Waals surface area contributed by atoms with E-state index >= 15 is 0 Å². The largest absolute Gasteiger partial charge is 0.481 e. The van der Waals surface area contributed by atoms with Gasteiger partial charge in [-0.3, -0.25) is 9.59 Å². The second-order valence-electron chi connectivity index (χ2n) is 3.16. The summed E-state index contributed by atoms with van der Waals surface area (Å²) < 4.78 is 0. The summed E-state index contributed by atoms with van der Waals surface area (Å²) in [5, 5.41) is 10.9. The quantitative estimate of drug-likeness (QED) is 0.814. The number of rotatable bonds is 3. The number of aliphatic carboxylic acids is 1. The third kappa shape index (κ3) is 1.97. The molecule has 1 aromatic carbocycles. The Morgan fingerprint density at radius 1 is 1.47 bits per heavy atom. The lowest BCUT2D eigenvalue weighted by atomic mass is 10.2. The van der Waals surface area contributed by atoms with Crippen molar-refractivity contribution in [3.8, 4) is 0 Å². The van der Waals surface area contributed by atoms with E-state index < -0.39 is 11.2 Å². The highest BCUT2D eigenvalue weighted by Gasteiger charge is 2.30. The van der Waals surface area contributed by atoms with Crippen molar-refractivity contribution in [1.29, 1.82) is 0 Å². The Morgan fingerprint density at radius 3 is 2.93 bits per heavy atom. The third-order valence-electron chi connectivity index (χ3n) is 2.11. The predicted octanol–water partition coefficient (Wildman–Crippen LogP) is 1.50. The molecule has 0 fully saturated rings. The first kappa shape index (κ1) is 10.0. The van der Waals surface area contributed by atoms with Gasteiger partial charge in [0.25, 0.3) is 0 Å². The number of carboxylic acids is 1. The molecule has 15 heavy (non-hydrogen) atoms. The fourth-order valence-corrected chi connectivity index (χ4v) is 2.40. The van der Waals surface area contributed by atoms with Crippen LogP contribution < -0.4 is 5.32 Å². The van der Waals surface area contributed by atoms with E-state index in [2.05, 4.69) is 5.32 Å². The van der Waals surface area contributed by atoms with Crippen molar-refractivity contribution in [2.75, 3.05) is 11.1 Å². The molecule has 1 atom stereocenters. The summed E-state index contributed by atoms with van der Waals surface area (Å²) in [6.07, 6.45) is 0. The van der Waals surface area contributed by atoms with Gasteiger partial charge in [-0.25, -0.2) is 0 Å². The molecule has 0 aliphatic carbocycles. The number of carbonyl (C=O) groups excluding carboxylic acids is 1. The highest BCUT2D eigenvalue weighted by Crippen LogP contribution is 2.39. The fraction of sp³-hybridized carbons (Fsp3) is 0.200. The molecular weight excluding hydrogens is 214 g/mol. The summed E-state index contributed by atoms with van der Waals surface area (Å²) in [5.41, 5.74) is 1.65. The molecule has 1 aliphatic rings. The topological polar surface area (TPSA) is 66.4 Å². The Bertz CT molecular complexity index is 419. The number of benzene rings is 1. The minimum Gasteiger partial charge on any atom is -0.481 e. The van der Waals surface area contributed by atoms with Gasteiger partial charge in [-0.2, -0.15) is 0 Å². The van der Waals surface area contributed by atoms with Gasteiger partial charge in [0.05, 0.1) is 5.75 Å². The van der Waals surface area contributed by atoms with Crippen LogP contribution in [0.4, 0.5) is 5.69 Å². The summed E-state index contributed by atoms with van der Waals surface area (Å²) in [6, 6.07) is 7.33. The normalized spacial score (nSPS) is 18.4. The molecular formula is C10H9NO3S. The average molecular weight is 223 g/mol. The van der Waals surface area contributed by atoms with Gasteiger partial charge in [0.1, 0.15) is 5.25 Å². The number of para-hydroxylation sites is 1. The van der Waals surface area contributed by atoms with Crippen LogP contribution in [-0.4, -0.2) is 22.7 Å². The predicted molar refractivity (Wildman–Crippen MR) is 57.9 cm³/mol. The summed E-state index contributed by atoms with van der Waals surface area (Å²) in [6.45, 7) is 0. The fourth-order valence-electron chi connectivity index (χ4n) is 1.50. The number of thioether (sulfide) groups is 1. The van der Waals surface area contributed by atoms with Crippen LogP contribution in [0.1, 0.15) is 10.8 Å². The lowest BCUT2D eigenvalue weighted by Crippen LogP contribution is -2.11. The summed E-state index contributed by atoms with van der Waals surface area (Å²) in [7, 11) is 0. The van der Waals surface area contributed by atoms with Gasteiger partial charge in [-0.05, 0) is 11.6 Å². The van der Waals surface area contributed by atoms with Crippen molar-refractivity contribution in [3.63, 3.8) is 0 Å². The van der Waals surface area contributed by atoms with Crippen molar-refractivity contribution < 1.29 is 14.7 Å². The SMILES string of the molecule is O=C(O)CSC1C(=O)Nc2ccccc21. The second kappa shape index (κ2) is 3.94. The van der Waals surface area contributed by atoms with Crippen LogP contribution in [0.3, 0.4) is 0 Å². The van der Waals surface area contributed by atoms with Crippen molar-refractivity contribution in [2.45, 2.75) is 5.25 Å². The zero-order valence-corrected chi connectivity index (χ0v) is 8.58. The van der Waals surface area contributed by atoms with Crippen LogP contribution in [0.2, 0.25) is 0 Å². The lowest BCUT2D eigenvalue weighted by molar-refractivity contribution is -0.133. The van der Waals surface area contributed by atoms with Crippen LogP contribution in [0.25, 0.3) is 0 Å². The second-order valence-corrected chi connectivity index (χ2v) is 4.25. The maximum Gasteiger partial charge on any atom is 0.313 e. The van der Waals surface area contributed by atoms with E-state index in [1.165, 1.54) is 0 Å². The van der Waals surface area contributed by atoms with E-state index in [1.54, 1.807) is 0 Å². The van der Waals surface area contributed by atoms with Crippen molar-refractivity contribution in [3.05, 3.63) is 29.8 Å². The standard InChI is InChI=1S/C10H9NO3S/c12-8(13)5-15-9-6-3-1-2-4-7(6)11-10(9)14/h1-4,9H,5H2,(H,11,14)(H,12,13). The Labute approximate surface area is 90.7 Å². The first-order valence-corrected chi connectivity index (χ1v) is 5.46. The minimum absolute atomic E-state index is 0.0631. The molecule has 1 aromatic rings. The summed E-state index contributed by atoms with van der Waals surface area (Å²) in [5.74, 6) is -1.11. The highest BCUT2D eigenvalue weighted by atomic mass is 32.2. The number of nitrogens with one attached hydrogen (secondary N) is 1. The average Bonchev–Trinajstić information content (AvgIpc) is 2.50. The van der Waals surface area contributed by atoms with Gasteiger partial charge in [-0.15, -0.1) is 11.8 Å². The number of hydrogen-bond donors (Lipinski definition) is 2. The van der Waals surface area contributed by atoms with E-state index in [0.717, 1.165) is 23.0 Å². The smallest absolute Gasteiger partial charge is 0.313 e.